The molecule has 4 bridgehead atoms. The van der Waals surface area contributed by atoms with Crippen molar-refractivity contribution in [2.75, 3.05) is 13.2 Å². The van der Waals surface area contributed by atoms with Gasteiger partial charge in [-0.2, -0.15) is 0 Å². The summed E-state index contributed by atoms with van der Waals surface area (Å²) in [4.78, 5) is 23.8. The van der Waals surface area contributed by atoms with Crippen molar-refractivity contribution in [1.82, 2.24) is 0 Å². The van der Waals surface area contributed by atoms with E-state index >= 15 is 0 Å². The molecule has 4 nitrogen and oxygen atoms in total. The highest BCUT2D eigenvalue weighted by atomic mass is 16.5. The molecule has 1 aromatic rings. The lowest BCUT2D eigenvalue weighted by Crippen LogP contribution is -2.24. The molecule has 0 amide bonds. The van der Waals surface area contributed by atoms with E-state index < -0.39 is 0 Å². The molecular formula is C16H18O4. The van der Waals surface area contributed by atoms with Gasteiger partial charge in [0.2, 0.25) is 0 Å². The summed E-state index contributed by atoms with van der Waals surface area (Å²) in [5.41, 5.74) is 0.958. The average Bonchev–Trinajstić information content (AvgIpc) is 2.51. The highest BCUT2D eigenvalue weighted by molar-refractivity contribution is 5.93. The third-order valence-electron chi connectivity index (χ3n) is 4.22. The van der Waals surface area contributed by atoms with Crippen molar-refractivity contribution in [1.29, 1.82) is 0 Å². The Morgan fingerprint density at radius 2 is 1.05 bits per heavy atom. The first kappa shape index (κ1) is 13.2. The maximum absolute atomic E-state index is 11.9. The highest BCUT2D eigenvalue weighted by Gasteiger charge is 2.24. The van der Waals surface area contributed by atoms with Gasteiger partial charge in [-0.15, -0.1) is 0 Å². The Bertz CT molecular complexity index is 451. The summed E-state index contributed by atoms with van der Waals surface area (Å²) in [5, 5.41) is 0. The molecule has 0 atom stereocenters. The fourth-order valence-corrected chi connectivity index (χ4v) is 2.86. The van der Waals surface area contributed by atoms with Crippen LogP contribution in [-0.2, 0) is 9.47 Å². The van der Waals surface area contributed by atoms with Crippen LogP contribution < -0.4 is 0 Å². The maximum atomic E-state index is 11.9. The van der Waals surface area contributed by atoms with Gasteiger partial charge in [0.1, 0.15) is 0 Å². The second-order valence-electron chi connectivity index (χ2n) is 5.66. The predicted molar refractivity (Wildman–Crippen MR) is 72.5 cm³/mol. The van der Waals surface area contributed by atoms with Crippen molar-refractivity contribution in [3.63, 3.8) is 0 Å². The summed E-state index contributed by atoms with van der Waals surface area (Å²) < 4.78 is 10.7. The fourth-order valence-electron chi connectivity index (χ4n) is 2.86. The van der Waals surface area contributed by atoms with Crippen LogP contribution in [0.2, 0.25) is 0 Å². The minimum Gasteiger partial charge on any atom is -0.462 e. The van der Waals surface area contributed by atoms with Crippen LogP contribution in [0.4, 0.5) is 0 Å². The number of benzene rings is 1. The Balaban J connectivity index is 1.82. The number of carbonyl (C=O) groups excluding carboxylic acids is 2. The predicted octanol–water partition coefficient (Wildman–Crippen LogP) is 2.82. The van der Waals surface area contributed by atoms with Crippen LogP contribution in [0.15, 0.2) is 24.3 Å². The molecule has 1 aliphatic carbocycles. The molecule has 0 unspecified atom stereocenters. The van der Waals surface area contributed by atoms with E-state index in [0.717, 1.165) is 25.7 Å². The molecule has 5 aliphatic rings. The molecule has 0 saturated heterocycles. The number of hydrogen-bond donors (Lipinski definition) is 0. The molecule has 20 heavy (non-hydrogen) atoms. The van der Waals surface area contributed by atoms with Crippen molar-refractivity contribution < 1.29 is 19.1 Å². The van der Waals surface area contributed by atoms with Crippen molar-refractivity contribution in [3.8, 4) is 0 Å². The van der Waals surface area contributed by atoms with Gasteiger partial charge in [-0.25, -0.2) is 9.59 Å². The number of esters is 2. The Morgan fingerprint density at radius 3 is 1.40 bits per heavy atom. The Hall–Kier alpha value is -1.84. The molecule has 4 aliphatic heterocycles. The van der Waals surface area contributed by atoms with Gasteiger partial charge < -0.3 is 9.47 Å². The summed E-state index contributed by atoms with van der Waals surface area (Å²) >= 11 is 0. The largest absolute Gasteiger partial charge is 0.462 e. The monoisotopic (exact) mass is 274 g/mol. The van der Waals surface area contributed by atoms with Crippen molar-refractivity contribution in [2.24, 2.45) is 11.8 Å². The van der Waals surface area contributed by atoms with Crippen LogP contribution in [0.3, 0.4) is 0 Å². The third kappa shape index (κ3) is 2.84. The summed E-state index contributed by atoms with van der Waals surface area (Å²) in [7, 11) is 0. The quantitative estimate of drug-likeness (QED) is 0.683. The van der Waals surface area contributed by atoms with Crippen LogP contribution in [0.1, 0.15) is 46.4 Å². The minimum absolute atomic E-state index is 0.316. The molecular weight excluding hydrogens is 256 g/mol. The van der Waals surface area contributed by atoms with E-state index in [2.05, 4.69) is 0 Å². The van der Waals surface area contributed by atoms with Gasteiger partial charge >= 0.3 is 11.9 Å². The van der Waals surface area contributed by atoms with Crippen LogP contribution in [0.5, 0.6) is 0 Å². The minimum atomic E-state index is -0.316. The lowest BCUT2D eigenvalue weighted by atomic mass is 9.83. The molecule has 1 aromatic carbocycles. The van der Waals surface area contributed by atoms with Crippen LogP contribution in [0, 0.1) is 11.8 Å². The van der Waals surface area contributed by atoms with Crippen LogP contribution >= 0.6 is 0 Å². The van der Waals surface area contributed by atoms with E-state index in [1.54, 1.807) is 24.3 Å². The Labute approximate surface area is 118 Å². The van der Waals surface area contributed by atoms with Crippen LogP contribution in [0.25, 0.3) is 0 Å². The van der Waals surface area contributed by atoms with E-state index in [-0.39, 0.29) is 11.9 Å². The first-order valence-corrected chi connectivity index (χ1v) is 7.16. The normalized spacial score (nSPS) is 26.8. The van der Waals surface area contributed by atoms with Gasteiger partial charge in [0.05, 0.1) is 24.3 Å². The lowest BCUT2D eigenvalue weighted by Gasteiger charge is -2.28. The molecule has 4 heteroatoms. The Kier molecular flexibility index (Phi) is 3.72. The molecule has 0 N–H and O–H groups in total. The Morgan fingerprint density at radius 1 is 0.700 bits per heavy atom. The maximum Gasteiger partial charge on any atom is 0.338 e. The number of carbonyl (C=O) groups is 2. The van der Waals surface area contributed by atoms with E-state index in [1.807, 2.05) is 0 Å². The summed E-state index contributed by atoms with van der Waals surface area (Å²) in [5.74, 6) is 0.245. The summed E-state index contributed by atoms with van der Waals surface area (Å²) in [6.07, 6.45) is 4.14. The topological polar surface area (TPSA) is 52.6 Å². The molecule has 0 radical (unpaired) electrons. The van der Waals surface area contributed by atoms with Crippen molar-refractivity contribution in [3.05, 3.63) is 35.4 Å². The highest BCUT2D eigenvalue weighted by Crippen LogP contribution is 2.29. The molecule has 4 heterocycles. The number of rotatable bonds is 0. The smallest absolute Gasteiger partial charge is 0.338 e. The van der Waals surface area contributed by atoms with Gasteiger partial charge in [-0.3, -0.25) is 0 Å². The fraction of sp³-hybridized carbons (Fsp3) is 0.500. The average molecular weight is 274 g/mol. The van der Waals surface area contributed by atoms with Crippen molar-refractivity contribution in [2.45, 2.75) is 25.7 Å². The SMILES string of the molecule is O=C1OCC2CCC(CC2)COC(=O)c2ccc1cc2. The van der Waals surface area contributed by atoms with Crippen LogP contribution in [-0.4, -0.2) is 25.2 Å². The van der Waals surface area contributed by atoms with E-state index in [0.29, 0.717) is 36.2 Å². The summed E-state index contributed by atoms with van der Waals surface area (Å²) in [6, 6.07) is 6.46. The molecule has 0 spiro atoms. The zero-order valence-electron chi connectivity index (χ0n) is 11.3. The van der Waals surface area contributed by atoms with Gasteiger partial charge in [0, 0.05) is 0 Å². The van der Waals surface area contributed by atoms with E-state index in [1.165, 1.54) is 0 Å². The molecule has 106 valence electrons. The number of hydrogen-bond acceptors (Lipinski definition) is 4. The molecule has 6 rings (SSSR count). The second kappa shape index (κ2) is 5.65. The summed E-state index contributed by atoms with van der Waals surface area (Å²) in [6.45, 7) is 0.986. The molecule has 1 saturated carbocycles. The van der Waals surface area contributed by atoms with Gasteiger partial charge in [0.25, 0.3) is 0 Å². The second-order valence-corrected chi connectivity index (χ2v) is 5.66. The van der Waals surface area contributed by atoms with E-state index in [4.69, 9.17) is 9.47 Å². The zero-order valence-corrected chi connectivity index (χ0v) is 11.3. The number of ether oxygens (including phenoxy) is 2. The molecule has 0 aromatic heterocycles. The molecule has 1 fully saturated rings. The van der Waals surface area contributed by atoms with Gasteiger partial charge in [-0.1, -0.05) is 0 Å². The van der Waals surface area contributed by atoms with Crippen molar-refractivity contribution >= 4 is 11.9 Å². The van der Waals surface area contributed by atoms with E-state index in [9.17, 15) is 9.59 Å². The standard InChI is InChI=1S/C16H18O4/c17-15-13-5-7-14(8-6-13)16(18)20-10-12-2-1-11(3-4-12)9-19-15/h5-8,11-12H,1-4,9-10H2. The zero-order chi connectivity index (χ0) is 13.9. The lowest BCUT2D eigenvalue weighted by molar-refractivity contribution is 0.0292. The first-order valence-electron chi connectivity index (χ1n) is 7.16. The first-order chi connectivity index (χ1) is 9.72. The van der Waals surface area contributed by atoms with Gasteiger partial charge in [0.15, 0.2) is 0 Å². The third-order valence-corrected chi connectivity index (χ3v) is 4.22. The van der Waals surface area contributed by atoms with Gasteiger partial charge in [-0.05, 0) is 61.8 Å².